The molecular formula is C27H28ClF3N2O2. The lowest BCUT2D eigenvalue weighted by molar-refractivity contribution is -0.138. The first-order valence-corrected chi connectivity index (χ1v) is 11.6. The van der Waals surface area contributed by atoms with E-state index in [1.807, 2.05) is 56.3 Å². The van der Waals surface area contributed by atoms with E-state index in [-0.39, 0.29) is 24.1 Å². The average Bonchev–Trinajstić information content (AvgIpc) is 2.78. The van der Waals surface area contributed by atoms with Crippen molar-refractivity contribution in [1.82, 2.24) is 4.98 Å². The van der Waals surface area contributed by atoms with Crippen LogP contribution < -0.4 is 10.5 Å². The van der Waals surface area contributed by atoms with Gasteiger partial charge in [0.15, 0.2) is 5.60 Å². The highest BCUT2D eigenvalue weighted by Gasteiger charge is 2.38. The zero-order valence-electron chi connectivity index (χ0n) is 19.8. The van der Waals surface area contributed by atoms with E-state index in [2.05, 4.69) is 11.1 Å². The molecule has 0 aliphatic carbocycles. The van der Waals surface area contributed by atoms with E-state index < -0.39 is 23.2 Å². The first-order valence-electron chi connectivity index (χ1n) is 11.2. The van der Waals surface area contributed by atoms with Crippen LogP contribution in [0.25, 0.3) is 0 Å². The van der Waals surface area contributed by atoms with Crippen molar-refractivity contribution in [2.45, 2.75) is 51.3 Å². The van der Waals surface area contributed by atoms with Gasteiger partial charge in [0.1, 0.15) is 0 Å². The lowest BCUT2D eigenvalue weighted by atomic mass is 9.77. The molecule has 0 saturated carbocycles. The molecule has 3 aromatic rings. The van der Waals surface area contributed by atoms with Gasteiger partial charge in [0, 0.05) is 17.3 Å². The summed E-state index contributed by atoms with van der Waals surface area (Å²) in [6.45, 7) is 5.56. The molecule has 3 unspecified atom stereocenters. The molecule has 0 aliphatic rings. The fourth-order valence-electron chi connectivity index (χ4n) is 4.21. The summed E-state index contributed by atoms with van der Waals surface area (Å²) in [7, 11) is 0. The minimum Gasteiger partial charge on any atom is -0.461 e. The number of benzene rings is 2. The van der Waals surface area contributed by atoms with Crippen molar-refractivity contribution in [3.63, 3.8) is 0 Å². The van der Waals surface area contributed by atoms with E-state index in [0.29, 0.717) is 17.6 Å². The number of alkyl halides is 3. The van der Waals surface area contributed by atoms with Crippen molar-refractivity contribution < 1.29 is 22.7 Å². The summed E-state index contributed by atoms with van der Waals surface area (Å²) >= 11 is 6.05. The molecular weight excluding hydrogens is 477 g/mol. The van der Waals surface area contributed by atoms with Crippen LogP contribution in [-0.2, 0) is 17.4 Å². The van der Waals surface area contributed by atoms with E-state index >= 15 is 0 Å². The van der Waals surface area contributed by atoms with E-state index in [9.17, 15) is 18.0 Å². The number of primary amides is 1. The maximum atomic E-state index is 12.9. The lowest BCUT2D eigenvalue weighted by Gasteiger charge is -2.33. The van der Waals surface area contributed by atoms with Crippen LogP contribution in [0.4, 0.5) is 13.2 Å². The third-order valence-electron chi connectivity index (χ3n) is 6.15. The van der Waals surface area contributed by atoms with Crippen LogP contribution >= 0.6 is 11.6 Å². The predicted molar refractivity (Wildman–Crippen MR) is 130 cm³/mol. The van der Waals surface area contributed by atoms with Crippen LogP contribution in [0.3, 0.4) is 0 Å². The molecule has 0 fully saturated rings. The normalized spacial score (nSPS) is 15.2. The van der Waals surface area contributed by atoms with Gasteiger partial charge in [0.2, 0.25) is 5.88 Å². The molecule has 0 saturated heterocycles. The molecule has 0 bridgehead atoms. The second kappa shape index (κ2) is 10.7. The van der Waals surface area contributed by atoms with Gasteiger partial charge < -0.3 is 10.5 Å². The van der Waals surface area contributed by atoms with Crippen molar-refractivity contribution in [3.8, 4) is 5.88 Å². The van der Waals surface area contributed by atoms with Crippen LogP contribution in [-0.4, -0.2) is 16.5 Å². The number of nitrogens with zero attached hydrogens (tertiary/aromatic N) is 1. The van der Waals surface area contributed by atoms with Crippen molar-refractivity contribution in [3.05, 3.63) is 94.1 Å². The van der Waals surface area contributed by atoms with Gasteiger partial charge in [-0.2, -0.15) is 13.2 Å². The molecule has 0 aliphatic heterocycles. The molecule has 2 aromatic carbocycles. The van der Waals surface area contributed by atoms with Gasteiger partial charge in [-0.05, 0) is 67.9 Å². The molecule has 35 heavy (non-hydrogen) atoms. The number of carbonyl (C=O) groups excluding carboxylic acids is 1. The molecule has 1 heterocycles. The molecule has 0 spiro atoms. The Labute approximate surface area is 208 Å². The van der Waals surface area contributed by atoms with E-state index in [0.717, 1.165) is 28.8 Å². The number of nitrogens with two attached hydrogens (primary N) is 1. The Bertz CT molecular complexity index is 1150. The number of aromatic nitrogens is 1. The summed E-state index contributed by atoms with van der Waals surface area (Å²) in [6, 6.07) is 17.7. The minimum atomic E-state index is -4.52. The van der Waals surface area contributed by atoms with Crippen molar-refractivity contribution >= 4 is 17.5 Å². The SMILES string of the molecule is Cc1cccc(C(Cc2ccc(Cl)cc2)C(C)CC(C)(Oc2ccc(C(F)(F)F)cn2)C(N)=O)c1. The topological polar surface area (TPSA) is 65.2 Å². The molecule has 2 N–H and O–H groups in total. The number of halogens is 4. The Morgan fingerprint density at radius 2 is 1.80 bits per heavy atom. The number of ether oxygens (including phenoxy) is 1. The fourth-order valence-corrected chi connectivity index (χ4v) is 4.34. The zero-order valence-corrected chi connectivity index (χ0v) is 20.5. The maximum Gasteiger partial charge on any atom is 0.417 e. The highest BCUT2D eigenvalue weighted by Crippen LogP contribution is 2.36. The van der Waals surface area contributed by atoms with Gasteiger partial charge in [0.05, 0.1) is 5.56 Å². The fraction of sp³-hybridized carbons (Fsp3) is 0.333. The third kappa shape index (κ3) is 6.98. The second-order valence-electron chi connectivity index (χ2n) is 9.11. The van der Waals surface area contributed by atoms with E-state index in [1.165, 1.54) is 0 Å². The molecule has 1 aromatic heterocycles. The Kier molecular flexibility index (Phi) is 8.11. The molecule has 1 amide bonds. The van der Waals surface area contributed by atoms with Crippen molar-refractivity contribution in [1.29, 1.82) is 0 Å². The predicted octanol–water partition coefficient (Wildman–Crippen LogP) is 6.74. The molecule has 3 rings (SSSR count). The third-order valence-corrected chi connectivity index (χ3v) is 6.40. The number of hydrogen-bond acceptors (Lipinski definition) is 3. The van der Waals surface area contributed by atoms with Gasteiger partial charge >= 0.3 is 6.18 Å². The largest absolute Gasteiger partial charge is 0.461 e. The Balaban J connectivity index is 1.87. The summed E-state index contributed by atoms with van der Waals surface area (Å²) in [4.78, 5) is 16.2. The molecule has 8 heteroatoms. The minimum absolute atomic E-state index is 0.0129. The number of hydrogen-bond donors (Lipinski definition) is 1. The first kappa shape index (κ1) is 26.5. The maximum absolute atomic E-state index is 12.9. The Hall–Kier alpha value is -3.06. The summed E-state index contributed by atoms with van der Waals surface area (Å²) < 4.78 is 44.4. The Morgan fingerprint density at radius 3 is 2.34 bits per heavy atom. The standard InChI is InChI=1S/C27H28ClF3N2O2/c1-17-5-4-6-20(13-17)23(14-19-7-10-22(28)11-8-19)18(2)15-26(3,25(32)34)35-24-12-9-21(16-33-24)27(29,30)31/h4-13,16,18,23H,14-15H2,1-3H3,(H2,32,34). The van der Waals surface area contributed by atoms with Crippen LogP contribution in [0.2, 0.25) is 5.02 Å². The van der Waals surface area contributed by atoms with Gasteiger partial charge in [-0.3, -0.25) is 4.79 Å². The molecule has 0 radical (unpaired) electrons. The van der Waals surface area contributed by atoms with Gasteiger partial charge in [0.25, 0.3) is 5.91 Å². The second-order valence-corrected chi connectivity index (χ2v) is 9.55. The van der Waals surface area contributed by atoms with Crippen molar-refractivity contribution in [2.24, 2.45) is 11.7 Å². The first-order chi connectivity index (χ1) is 16.4. The molecule has 186 valence electrons. The smallest absolute Gasteiger partial charge is 0.417 e. The van der Waals surface area contributed by atoms with Crippen LogP contribution in [0.15, 0.2) is 66.9 Å². The van der Waals surface area contributed by atoms with Gasteiger partial charge in [-0.1, -0.05) is 60.5 Å². The lowest BCUT2D eigenvalue weighted by Crippen LogP contribution is -2.48. The van der Waals surface area contributed by atoms with Crippen molar-refractivity contribution in [2.75, 3.05) is 0 Å². The number of rotatable bonds is 9. The number of aryl methyl sites for hydroxylation is 1. The number of amides is 1. The number of carbonyl (C=O) groups is 1. The van der Waals surface area contributed by atoms with Crippen LogP contribution in [0.5, 0.6) is 5.88 Å². The summed E-state index contributed by atoms with van der Waals surface area (Å²) in [5.41, 5.74) is 6.63. The highest BCUT2D eigenvalue weighted by molar-refractivity contribution is 6.30. The monoisotopic (exact) mass is 504 g/mol. The van der Waals surface area contributed by atoms with E-state index in [1.54, 1.807) is 6.92 Å². The zero-order chi connectivity index (χ0) is 25.8. The summed E-state index contributed by atoms with van der Waals surface area (Å²) in [5, 5.41) is 0.646. The quantitative estimate of drug-likeness (QED) is 0.351. The van der Waals surface area contributed by atoms with E-state index in [4.69, 9.17) is 22.1 Å². The summed E-state index contributed by atoms with van der Waals surface area (Å²) in [5.74, 6) is -0.893. The van der Waals surface area contributed by atoms with Gasteiger partial charge in [-0.25, -0.2) is 4.98 Å². The molecule has 4 nitrogen and oxygen atoms in total. The van der Waals surface area contributed by atoms with Gasteiger partial charge in [-0.15, -0.1) is 0 Å². The Morgan fingerprint density at radius 1 is 1.11 bits per heavy atom. The van der Waals surface area contributed by atoms with Crippen LogP contribution in [0.1, 0.15) is 48.4 Å². The van der Waals surface area contributed by atoms with Crippen LogP contribution in [0, 0.1) is 12.8 Å². The highest BCUT2D eigenvalue weighted by atomic mass is 35.5. The molecule has 3 atom stereocenters. The number of pyridine rings is 1. The summed E-state index contributed by atoms with van der Waals surface area (Å²) in [6.07, 6.45) is -2.92. The average molecular weight is 505 g/mol.